The van der Waals surface area contributed by atoms with Crippen molar-refractivity contribution < 1.29 is 9.59 Å². The van der Waals surface area contributed by atoms with E-state index in [0.717, 1.165) is 5.56 Å². The van der Waals surface area contributed by atoms with Crippen molar-refractivity contribution in [2.75, 3.05) is 6.54 Å². The molecule has 28 heavy (non-hydrogen) atoms. The summed E-state index contributed by atoms with van der Waals surface area (Å²) >= 11 is 0. The van der Waals surface area contributed by atoms with Crippen molar-refractivity contribution >= 4 is 11.8 Å². The van der Waals surface area contributed by atoms with Gasteiger partial charge in [-0.05, 0) is 6.42 Å². The highest BCUT2D eigenvalue weighted by atomic mass is 16.2. The van der Waals surface area contributed by atoms with Gasteiger partial charge in [0.05, 0.1) is 12.4 Å². The van der Waals surface area contributed by atoms with E-state index < -0.39 is 0 Å². The molecule has 2 amide bonds. The SMILES string of the molecule is CC(=O)N[C@H]1C[C@@H](c2nc(-c3ccccc3)n[nH]2)N(C(=O)Cn2ccnc2)C1. The predicted molar refractivity (Wildman–Crippen MR) is 101 cm³/mol. The van der Waals surface area contributed by atoms with Crippen LogP contribution in [0.3, 0.4) is 0 Å². The molecule has 1 saturated heterocycles. The summed E-state index contributed by atoms with van der Waals surface area (Å²) in [5.41, 5.74) is 0.901. The Morgan fingerprint density at radius 1 is 1.29 bits per heavy atom. The average Bonchev–Trinajstić information content (AvgIpc) is 3.42. The second-order valence-electron chi connectivity index (χ2n) is 6.84. The standard InChI is InChI=1S/C19H21N7O2/c1-13(27)21-15-9-16(26(10-15)17(28)11-25-8-7-20-12-25)19-22-18(23-24-19)14-5-3-2-4-6-14/h2-8,12,15-16H,9-11H2,1H3,(H,21,27)(H,22,23,24)/t15-,16-/m0/s1. The van der Waals surface area contributed by atoms with Gasteiger partial charge >= 0.3 is 0 Å². The number of rotatable bonds is 5. The molecule has 4 rings (SSSR count). The normalized spacial score (nSPS) is 19.0. The van der Waals surface area contributed by atoms with Gasteiger partial charge in [-0.2, -0.15) is 5.10 Å². The van der Waals surface area contributed by atoms with Gasteiger partial charge < -0.3 is 14.8 Å². The van der Waals surface area contributed by atoms with E-state index in [-0.39, 0.29) is 30.4 Å². The maximum atomic E-state index is 12.9. The number of nitrogens with one attached hydrogen (secondary N) is 2. The van der Waals surface area contributed by atoms with Gasteiger partial charge in [-0.1, -0.05) is 30.3 Å². The Labute approximate surface area is 161 Å². The van der Waals surface area contributed by atoms with E-state index in [1.54, 1.807) is 28.2 Å². The molecule has 2 atom stereocenters. The van der Waals surface area contributed by atoms with Gasteiger partial charge in [-0.25, -0.2) is 9.97 Å². The second-order valence-corrected chi connectivity index (χ2v) is 6.84. The number of nitrogens with zero attached hydrogens (tertiary/aromatic N) is 5. The molecule has 9 nitrogen and oxygen atoms in total. The zero-order chi connectivity index (χ0) is 19.5. The summed E-state index contributed by atoms with van der Waals surface area (Å²) < 4.78 is 1.72. The number of hydrogen-bond donors (Lipinski definition) is 2. The molecule has 0 radical (unpaired) electrons. The Kier molecular flexibility index (Phi) is 4.88. The molecule has 0 unspecified atom stereocenters. The maximum Gasteiger partial charge on any atom is 0.243 e. The summed E-state index contributed by atoms with van der Waals surface area (Å²) in [5, 5.41) is 10.2. The highest BCUT2D eigenvalue weighted by Crippen LogP contribution is 2.31. The van der Waals surface area contributed by atoms with E-state index in [0.29, 0.717) is 24.6 Å². The molecule has 3 heterocycles. The van der Waals surface area contributed by atoms with E-state index >= 15 is 0 Å². The number of carbonyl (C=O) groups is 2. The van der Waals surface area contributed by atoms with Crippen molar-refractivity contribution in [1.29, 1.82) is 0 Å². The fourth-order valence-electron chi connectivity index (χ4n) is 3.53. The van der Waals surface area contributed by atoms with Crippen LogP contribution in [0, 0.1) is 0 Å². The highest BCUT2D eigenvalue weighted by Gasteiger charge is 2.38. The maximum absolute atomic E-state index is 12.9. The Balaban J connectivity index is 1.57. The van der Waals surface area contributed by atoms with Crippen molar-refractivity contribution in [2.45, 2.75) is 32.0 Å². The van der Waals surface area contributed by atoms with Gasteiger partial charge in [0.15, 0.2) is 5.82 Å². The van der Waals surface area contributed by atoms with Crippen molar-refractivity contribution in [3.63, 3.8) is 0 Å². The molecule has 1 aliphatic rings. The Morgan fingerprint density at radius 2 is 2.11 bits per heavy atom. The van der Waals surface area contributed by atoms with Crippen molar-refractivity contribution in [2.24, 2.45) is 0 Å². The van der Waals surface area contributed by atoms with E-state index in [2.05, 4.69) is 25.5 Å². The van der Waals surface area contributed by atoms with Crippen LogP contribution in [0.25, 0.3) is 11.4 Å². The summed E-state index contributed by atoms with van der Waals surface area (Å²) in [4.78, 5) is 34.7. The number of carbonyl (C=O) groups excluding carboxylic acids is 2. The molecule has 1 fully saturated rings. The van der Waals surface area contributed by atoms with Crippen molar-refractivity contribution in [1.82, 2.24) is 34.9 Å². The Bertz CT molecular complexity index is 952. The largest absolute Gasteiger partial charge is 0.352 e. The fraction of sp³-hybridized carbons (Fsp3) is 0.316. The summed E-state index contributed by atoms with van der Waals surface area (Å²) in [5.74, 6) is 1.02. The lowest BCUT2D eigenvalue weighted by Gasteiger charge is -2.23. The first kappa shape index (κ1) is 17.9. The third kappa shape index (κ3) is 3.78. The smallest absolute Gasteiger partial charge is 0.243 e. The van der Waals surface area contributed by atoms with Crippen LogP contribution in [0.5, 0.6) is 0 Å². The third-order valence-electron chi connectivity index (χ3n) is 4.76. The number of likely N-dealkylation sites (tertiary alicyclic amines) is 1. The van der Waals surface area contributed by atoms with E-state index in [1.165, 1.54) is 6.92 Å². The summed E-state index contributed by atoms with van der Waals surface area (Å²) in [6.07, 6.45) is 5.57. The van der Waals surface area contributed by atoms with E-state index in [4.69, 9.17) is 0 Å². The van der Waals surface area contributed by atoms with Gasteiger partial charge in [-0.15, -0.1) is 0 Å². The molecule has 1 aliphatic heterocycles. The number of amides is 2. The molecule has 9 heteroatoms. The highest BCUT2D eigenvalue weighted by molar-refractivity contribution is 5.77. The molecule has 0 bridgehead atoms. The lowest BCUT2D eigenvalue weighted by atomic mass is 10.1. The molecule has 1 aromatic carbocycles. The Hall–Kier alpha value is -3.49. The molecule has 0 spiro atoms. The van der Waals surface area contributed by atoms with Crippen LogP contribution >= 0.6 is 0 Å². The molecule has 2 aromatic heterocycles. The van der Waals surface area contributed by atoms with Crippen LogP contribution in [-0.4, -0.2) is 54.0 Å². The van der Waals surface area contributed by atoms with E-state index in [9.17, 15) is 9.59 Å². The van der Waals surface area contributed by atoms with Crippen LogP contribution in [0.1, 0.15) is 25.2 Å². The molecular weight excluding hydrogens is 358 g/mol. The first-order valence-electron chi connectivity index (χ1n) is 9.10. The topological polar surface area (TPSA) is 109 Å². The van der Waals surface area contributed by atoms with Crippen molar-refractivity contribution in [3.8, 4) is 11.4 Å². The minimum Gasteiger partial charge on any atom is -0.352 e. The molecule has 0 saturated carbocycles. The average molecular weight is 379 g/mol. The molecule has 144 valence electrons. The van der Waals surface area contributed by atoms with Gasteiger partial charge in [0.2, 0.25) is 11.8 Å². The molecular formula is C19H21N7O2. The summed E-state index contributed by atoms with van der Waals surface area (Å²) in [6, 6.07) is 9.25. The molecule has 2 N–H and O–H groups in total. The summed E-state index contributed by atoms with van der Waals surface area (Å²) in [6.45, 7) is 2.09. The first-order valence-corrected chi connectivity index (χ1v) is 9.10. The van der Waals surface area contributed by atoms with E-state index in [1.807, 2.05) is 30.3 Å². The quantitative estimate of drug-likeness (QED) is 0.691. The van der Waals surface area contributed by atoms with Crippen LogP contribution in [0.15, 0.2) is 49.1 Å². The minimum absolute atomic E-state index is 0.0616. The Morgan fingerprint density at radius 3 is 2.82 bits per heavy atom. The number of H-pyrrole nitrogens is 1. The van der Waals surface area contributed by atoms with Gasteiger partial charge in [0.1, 0.15) is 12.4 Å². The van der Waals surface area contributed by atoms with Gasteiger partial charge in [0, 0.05) is 37.5 Å². The summed E-state index contributed by atoms with van der Waals surface area (Å²) in [7, 11) is 0. The number of benzene rings is 1. The number of aromatic nitrogens is 5. The van der Waals surface area contributed by atoms with Crippen LogP contribution < -0.4 is 5.32 Å². The number of hydrogen-bond acceptors (Lipinski definition) is 5. The molecule has 0 aliphatic carbocycles. The zero-order valence-corrected chi connectivity index (χ0v) is 15.4. The molecule has 3 aromatic rings. The van der Waals surface area contributed by atoms with Gasteiger partial charge in [-0.3, -0.25) is 14.7 Å². The van der Waals surface area contributed by atoms with Gasteiger partial charge in [0.25, 0.3) is 0 Å². The lowest BCUT2D eigenvalue weighted by Crippen LogP contribution is -2.38. The monoisotopic (exact) mass is 379 g/mol. The van der Waals surface area contributed by atoms with Crippen LogP contribution in [-0.2, 0) is 16.1 Å². The predicted octanol–water partition coefficient (Wildman–Crippen LogP) is 1.15. The first-order chi connectivity index (χ1) is 13.6. The number of imidazole rings is 1. The van der Waals surface area contributed by atoms with Crippen LogP contribution in [0.4, 0.5) is 0 Å². The van der Waals surface area contributed by atoms with Crippen LogP contribution in [0.2, 0.25) is 0 Å². The third-order valence-corrected chi connectivity index (χ3v) is 4.76. The lowest BCUT2D eigenvalue weighted by molar-refractivity contribution is -0.133. The number of aromatic amines is 1. The second kappa shape index (κ2) is 7.63. The minimum atomic E-state index is -0.280. The van der Waals surface area contributed by atoms with Crippen molar-refractivity contribution in [3.05, 3.63) is 54.9 Å². The fourth-order valence-corrected chi connectivity index (χ4v) is 3.53. The zero-order valence-electron chi connectivity index (χ0n) is 15.4.